The van der Waals surface area contributed by atoms with Crippen LogP contribution in [-0.2, 0) is 21.8 Å². The van der Waals surface area contributed by atoms with E-state index in [1.807, 2.05) is 25.7 Å². The molecule has 0 amide bonds. The molecule has 0 aliphatic carbocycles. The Morgan fingerprint density at radius 1 is 0.905 bits per heavy atom. The van der Waals surface area contributed by atoms with Gasteiger partial charge in [-0.1, -0.05) is 13.8 Å². The van der Waals surface area contributed by atoms with E-state index in [4.69, 9.17) is 14.7 Å². The van der Waals surface area contributed by atoms with Crippen LogP contribution in [0.15, 0.2) is 36.4 Å². The third kappa shape index (κ3) is 10.7. The van der Waals surface area contributed by atoms with Crippen molar-refractivity contribution in [3.05, 3.63) is 63.2 Å². The van der Waals surface area contributed by atoms with Crippen LogP contribution in [0.5, 0.6) is 0 Å². The fraction of sp³-hybridized carbons (Fsp3) is 0.536. The fourth-order valence-electron chi connectivity index (χ4n) is 3.99. The number of nitriles is 1. The number of hydrogen-bond donors (Lipinski definition) is 0. The summed E-state index contributed by atoms with van der Waals surface area (Å²) >= 11 is 0. The van der Waals surface area contributed by atoms with Crippen molar-refractivity contribution in [2.75, 3.05) is 56.9 Å². The number of anilines is 2. The zero-order chi connectivity index (χ0) is 32.1. The lowest BCUT2D eigenvalue weighted by Gasteiger charge is -2.31. The third-order valence-electron chi connectivity index (χ3n) is 6.33. The van der Waals surface area contributed by atoms with Gasteiger partial charge in [0.15, 0.2) is 0 Å². The van der Waals surface area contributed by atoms with Gasteiger partial charge in [-0.25, -0.2) is 0 Å². The molecular formula is C28H36F6N4O4. The van der Waals surface area contributed by atoms with E-state index in [2.05, 4.69) is 0 Å². The maximum atomic E-state index is 13.0. The van der Waals surface area contributed by atoms with E-state index in [1.54, 1.807) is 17.0 Å². The standard InChI is InChI=1S/C15H19F3N2.C13H17F3N2O4/c1-4-8-20(11(3)5-2)13-7-6-12(10-19)14(9-13)15(16,17)18;1-21-7-5-17(6-8-22-2)10-3-4-12(18(19)20)11(9-10)13(14,15)16/h6-7,9,11H,4-5,8H2,1-3H3;3-4,9H,5-8H2,1-2H3. The maximum Gasteiger partial charge on any atom is 0.423 e. The number of rotatable bonds is 13. The average molecular weight is 607 g/mol. The van der Waals surface area contributed by atoms with Crippen molar-refractivity contribution in [3.63, 3.8) is 0 Å². The van der Waals surface area contributed by atoms with Crippen molar-refractivity contribution in [2.24, 2.45) is 0 Å². The lowest BCUT2D eigenvalue weighted by atomic mass is 10.1. The van der Waals surface area contributed by atoms with E-state index >= 15 is 0 Å². The molecule has 42 heavy (non-hydrogen) atoms. The summed E-state index contributed by atoms with van der Waals surface area (Å²) < 4.78 is 87.7. The molecule has 0 N–H and O–H groups in total. The Bertz CT molecular complexity index is 1180. The van der Waals surface area contributed by atoms with Gasteiger partial charge in [0.1, 0.15) is 5.56 Å². The van der Waals surface area contributed by atoms with Crippen LogP contribution in [0, 0.1) is 21.4 Å². The quantitative estimate of drug-likeness (QED) is 0.134. The summed E-state index contributed by atoms with van der Waals surface area (Å²) in [6.07, 6.45) is -7.60. The number of nitrogens with zero attached hydrogens (tertiary/aromatic N) is 4. The number of hydrogen-bond acceptors (Lipinski definition) is 7. The monoisotopic (exact) mass is 606 g/mol. The molecule has 8 nitrogen and oxygen atoms in total. The van der Waals surface area contributed by atoms with Crippen molar-refractivity contribution in [1.82, 2.24) is 0 Å². The second kappa shape index (κ2) is 16.8. The Balaban J connectivity index is 0.000000422. The lowest BCUT2D eigenvalue weighted by molar-refractivity contribution is -0.388. The number of nitro benzene ring substituents is 1. The molecule has 0 spiro atoms. The summed E-state index contributed by atoms with van der Waals surface area (Å²) in [4.78, 5) is 13.3. The summed E-state index contributed by atoms with van der Waals surface area (Å²) in [5.74, 6) is 0. The van der Waals surface area contributed by atoms with Crippen molar-refractivity contribution >= 4 is 17.1 Å². The second-order valence-electron chi connectivity index (χ2n) is 9.22. The highest BCUT2D eigenvalue weighted by Gasteiger charge is 2.39. The summed E-state index contributed by atoms with van der Waals surface area (Å²) in [6, 6.07) is 8.63. The molecule has 14 heteroatoms. The molecule has 0 heterocycles. The predicted octanol–water partition coefficient (Wildman–Crippen LogP) is 7.30. The van der Waals surface area contributed by atoms with Crippen molar-refractivity contribution in [1.29, 1.82) is 5.26 Å². The molecule has 0 bridgehead atoms. The summed E-state index contributed by atoms with van der Waals surface area (Å²) in [7, 11) is 2.96. The fourth-order valence-corrected chi connectivity index (χ4v) is 3.99. The summed E-state index contributed by atoms with van der Waals surface area (Å²) in [5.41, 5.74) is -2.67. The van der Waals surface area contributed by atoms with Crippen LogP contribution in [0.1, 0.15) is 50.3 Å². The van der Waals surface area contributed by atoms with E-state index < -0.39 is 34.1 Å². The maximum absolute atomic E-state index is 13.0. The minimum atomic E-state index is -4.80. The van der Waals surface area contributed by atoms with Crippen LogP contribution in [-0.4, -0.2) is 58.0 Å². The number of benzene rings is 2. The Morgan fingerprint density at radius 3 is 1.86 bits per heavy atom. The number of ether oxygens (including phenoxy) is 2. The molecule has 0 radical (unpaired) electrons. The van der Waals surface area contributed by atoms with Gasteiger partial charge < -0.3 is 19.3 Å². The first-order valence-corrected chi connectivity index (χ1v) is 13.1. The van der Waals surface area contributed by atoms with Gasteiger partial charge in [0.05, 0.1) is 35.3 Å². The number of alkyl halides is 6. The van der Waals surface area contributed by atoms with Gasteiger partial charge in [-0.15, -0.1) is 0 Å². The van der Waals surface area contributed by atoms with Crippen LogP contribution < -0.4 is 9.80 Å². The number of methoxy groups -OCH3 is 2. The molecule has 0 aliphatic rings. The SMILES string of the molecule is CCCN(c1ccc(C#N)c(C(F)(F)F)c1)C(C)CC.COCCN(CCOC)c1ccc([N+](=O)[O-])c(C(F)(F)F)c1. The molecule has 0 saturated carbocycles. The minimum absolute atomic E-state index is 0.156. The van der Waals surface area contributed by atoms with Gasteiger partial charge in [-0.2, -0.15) is 31.6 Å². The smallest absolute Gasteiger partial charge is 0.383 e. The first-order chi connectivity index (χ1) is 19.7. The normalized spacial score (nSPS) is 12.1. The minimum Gasteiger partial charge on any atom is -0.383 e. The van der Waals surface area contributed by atoms with Crippen LogP contribution in [0.2, 0.25) is 0 Å². The van der Waals surface area contributed by atoms with Crippen molar-refractivity contribution in [3.8, 4) is 6.07 Å². The summed E-state index contributed by atoms with van der Waals surface area (Å²) in [5, 5.41) is 19.6. The van der Waals surface area contributed by atoms with E-state index in [0.717, 1.165) is 31.0 Å². The largest absolute Gasteiger partial charge is 0.423 e. The molecule has 2 aromatic carbocycles. The number of halogens is 6. The number of nitro groups is 1. The predicted molar refractivity (Wildman–Crippen MR) is 148 cm³/mol. The Kier molecular flexibility index (Phi) is 14.6. The molecule has 234 valence electrons. The van der Waals surface area contributed by atoms with Crippen molar-refractivity contribution in [2.45, 2.75) is 52.0 Å². The molecule has 0 saturated heterocycles. The topological polar surface area (TPSA) is 91.9 Å². The molecular weight excluding hydrogens is 570 g/mol. The first kappa shape index (κ1) is 36.5. The molecule has 2 aromatic rings. The molecule has 2 rings (SSSR count). The van der Waals surface area contributed by atoms with E-state index in [-0.39, 0.29) is 17.3 Å². The third-order valence-corrected chi connectivity index (χ3v) is 6.33. The Hall–Kier alpha value is -3.57. The highest BCUT2D eigenvalue weighted by Crippen LogP contribution is 2.38. The van der Waals surface area contributed by atoms with Gasteiger partial charge in [0, 0.05) is 57.3 Å². The first-order valence-electron chi connectivity index (χ1n) is 13.1. The van der Waals surface area contributed by atoms with Crippen LogP contribution >= 0.6 is 0 Å². The average Bonchev–Trinajstić information content (AvgIpc) is 2.94. The van der Waals surface area contributed by atoms with Gasteiger partial charge >= 0.3 is 12.4 Å². The Morgan fingerprint density at radius 2 is 1.43 bits per heavy atom. The Labute approximate surface area is 241 Å². The van der Waals surface area contributed by atoms with E-state index in [9.17, 15) is 36.5 Å². The second-order valence-corrected chi connectivity index (χ2v) is 9.22. The van der Waals surface area contributed by atoms with Crippen LogP contribution in [0.4, 0.5) is 43.4 Å². The van der Waals surface area contributed by atoms with Crippen LogP contribution in [0.25, 0.3) is 0 Å². The van der Waals surface area contributed by atoms with Gasteiger partial charge in [-0.3, -0.25) is 10.1 Å². The van der Waals surface area contributed by atoms with E-state index in [0.29, 0.717) is 38.5 Å². The van der Waals surface area contributed by atoms with Crippen molar-refractivity contribution < 1.29 is 40.7 Å². The van der Waals surface area contributed by atoms with Crippen LogP contribution in [0.3, 0.4) is 0 Å². The molecule has 0 fully saturated rings. The molecule has 0 aromatic heterocycles. The zero-order valence-electron chi connectivity index (χ0n) is 24.2. The molecule has 1 atom stereocenters. The highest BCUT2D eigenvalue weighted by molar-refractivity contribution is 5.57. The molecule has 0 aliphatic heterocycles. The van der Waals surface area contributed by atoms with Gasteiger partial charge in [0.25, 0.3) is 5.69 Å². The molecule has 1 unspecified atom stereocenters. The lowest BCUT2D eigenvalue weighted by Crippen LogP contribution is -2.33. The summed E-state index contributed by atoms with van der Waals surface area (Å²) in [6.45, 7) is 7.97. The van der Waals surface area contributed by atoms with Gasteiger partial charge in [-0.05, 0) is 50.1 Å². The van der Waals surface area contributed by atoms with Gasteiger partial charge in [0.2, 0.25) is 0 Å². The highest BCUT2D eigenvalue weighted by atomic mass is 19.4. The van der Waals surface area contributed by atoms with E-state index in [1.165, 1.54) is 26.4 Å². The zero-order valence-corrected chi connectivity index (χ0v) is 24.2.